The first-order valence-corrected chi connectivity index (χ1v) is 12.1. The molecule has 0 aromatic heterocycles. The Morgan fingerprint density at radius 3 is 2.35 bits per heavy atom. The molecule has 1 aliphatic heterocycles. The Balaban J connectivity index is 1.59. The number of rotatable bonds is 4. The lowest BCUT2D eigenvalue weighted by Gasteiger charge is -2.25. The second kappa shape index (κ2) is 9.54. The fourth-order valence-corrected chi connectivity index (χ4v) is 4.39. The molecule has 0 atom stereocenters. The van der Waals surface area contributed by atoms with Gasteiger partial charge in [-0.15, -0.1) is 0 Å². The van der Waals surface area contributed by atoms with Crippen molar-refractivity contribution in [2.24, 2.45) is 0 Å². The van der Waals surface area contributed by atoms with Gasteiger partial charge in [-0.05, 0) is 48.5 Å². The van der Waals surface area contributed by atoms with E-state index in [-0.39, 0.29) is 15.7 Å². The van der Waals surface area contributed by atoms with Crippen LogP contribution in [-0.2, 0) is 22.6 Å². The van der Waals surface area contributed by atoms with E-state index >= 15 is 0 Å². The number of alkyl halides is 3. The number of hydrogen-bond acceptors (Lipinski definition) is 4. The van der Waals surface area contributed by atoms with Crippen LogP contribution in [0.5, 0.6) is 0 Å². The Morgan fingerprint density at radius 2 is 1.71 bits per heavy atom. The summed E-state index contributed by atoms with van der Waals surface area (Å²) >= 11 is 5.39. The Labute approximate surface area is 185 Å². The van der Waals surface area contributed by atoms with Gasteiger partial charge < -0.3 is 10.2 Å². The van der Waals surface area contributed by atoms with Crippen molar-refractivity contribution in [2.75, 3.05) is 37.8 Å². The summed E-state index contributed by atoms with van der Waals surface area (Å²) in [7, 11) is -3.23. The van der Waals surface area contributed by atoms with E-state index in [4.69, 9.17) is 12.2 Å². The monoisotopic (exact) mass is 471 g/mol. The molecule has 0 aliphatic carbocycles. The first-order chi connectivity index (χ1) is 14.5. The minimum Gasteiger partial charge on any atom is -0.348 e. The largest absolute Gasteiger partial charge is 0.418 e. The Kier molecular flexibility index (Phi) is 7.23. The molecule has 1 aliphatic rings. The van der Waals surface area contributed by atoms with Crippen molar-refractivity contribution in [3.05, 3.63) is 59.7 Å². The van der Waals surface area contributed by atoms with E-state index < -0.39 is 21.6 Å². The van der Waals surface area contributed by atoms with Gasteiger partial charge in [0.15, 0.2) is 14.9 Å². The maximum atomic E-state index is 13.2. The average molecular weight is 472 g/mol. The molecule has 5 nitrogen and oxygen atoms in total. The Morgan fingerprint density at radius 1 is 1.03 bits per heavy atom. The zero-order chi connectivity index (χ0) is 22.6. The van der Waals surface area contributed by atoms with E-state index in [1.807, 2.05) is 4.90 Å². The molecule has 1 heterocycles. The third-order valence-electron chi connectivity index (χ3n) is 5.11. The molecule has 1 N–H and O–H groups in total. The first kappa shape index (κ1) is 23.5. The molecule has 1 saturated heterocycles. The van der Waals surface area contributed by atoms with Crippen LogP contribution < -0.4 is 5.32 Å². The second-order valence-electron chi connectivity index (χ2n) is 7.51. The van der Waals surface area contributed by atoms with E-state index in [9.17, 15) is 21.6 Å². The molecule has 0 spiro atoms. The van der Waals surface area contributed by atoms with Crippen molar-refractivity contribution in [2.45, 2.75) is 24.0 Å². The van der Waals surface area contributed by atoms with Crippen LogP contribution in [-0.4, -0.2) is 55.8 Å². The van der Waals surface area contributed by atoms with Gasteiger partial charge in [0.25, 0.3) is 0 Å². The molecule has 0 radical (unpaired) electrons. The summed E-state index contributed by atoms with van der Waals surface area (Å²) in [6, 6.07) is 12.1. The number of para-hydroxylation sites is 1. The highest BCUT2D eigenvalue weighted by molar-refractivity contribution is 7.90. The minimum absolute atomic E-state index is 0.0490. The fraction of sp³-hybridized carbons (Fsp3) is 0.381. The second-order valence-corrected chi connectivity index (χ2v) is 9.91. The third-order valence-corrected chi connectivity index (χ3v) is 6.60. The van der Waals surface area contributed by atoms with Crippen LogP contribution in [0.3, 0.4) is 0 Å². The highest BCUT2D eigenvalue weighted by Crippen LogP contribution is 2.34. The van der Waals surface area contributed by atoms with Gasteiger partial charge >= 0.3 is 6.18 Å². The molecule has 168 valence electrons. The normalized spacial score (nSPS) is 16.1. The summed E-state index contributed by atoms with van der Waals surface area (Å²) in [4.78, 5) is 4.39. The molecular formula is C21H24F3N3O2S2. The number of nitrogens with zero attached hydrogens (tertiary/aromatic N) is 2. The first-order valence-electron chi connectivity index (χ1n) is 9.77. The van der Waals surface area contributed by atoms with Gasteiger partial charge in [-0.25, -0.2) is 8.42 Å². The van der Waals surface area contributed by atoms with Crippen LogP contribution in [0.4, 0.5) is 18.9 Å². The van der Waals surface area contributed by atoms with Crippen LogP contribution in [0.2, 0.25) is 0 Å². The van der Waals surface area contributed by atoms with E-state index in [1.54, 1.807) is 30.3 Å². The van der Waals surface area contributed by atoms with E-state index in [0.29, 0.717) is 26.2 Å². The van der Waals surface area contributed by atoms with Crippen molar-refractivity contribution in [3.8, 4) is 0 Å². The summed E-state index contributed by atoms with van der Waals surface area (Å²) in [6.45, 7) is 3.39. The molecule has 31 heavy (non-hydrogen) atoms. The van der Waals surface area contributed by atoms with Crippen molar-refractivity contribution in [1.29, 1.82) is 0 Å². The molecule has 2 aromatic rings. The molecule has 0 bridgehead atoms. The lowest BCUT2D eigenvalue weighted by molar-refractivity contribution is -0.136. The fourth-order valence-electron chi connectivity index (χ4n) is 3.47. The molecule has 3 rings (SSSR count). The molecule has 0 unspecified atom stereocenters. The molecule has 10 heteroatoms. The Hall–Kier alpha value is -2.17. The maximum Gasteiger partial charge on any atom is 0.418 e. The van der Waals surface area contributed by atoms with Crippen molar-refractivity contribution >= 4 is 32.9 Å². The van der Waals surface area contributed by atoms with E-state index in [2.05, 4.69) is 10.2 Å². The number of sulfone groups is 1. The van der Waals surface area contributed by atoms with Crippen molar-refractivity contribution < 1.29 is 21.6 Å². The quantitative estimate of drug-likeness (QED) is 0.680. The molecular weight excluding hydrogens is 447 g/mol. The zero-order valence-corrected chi connectivity index (χ0v) is 18.7. The van der Waals surface area contributed by atoms with Crippen LogP contribution in [0.1, 0.15) is 17.5 Å². The third kappa shape index (κ3) is 6.41. The smallest absolute Gasteiger partial charge is 0.348 e. The summed E-state index contributed by atoms with van der Waals surface area (Å²) < 4.78 is 62.8. The zero-order valence-electron chi connectivity index (χ0n) is 17.0. The standard InChI is InChI=1S/C21H24F3N3O2S2/c1-31(28,29)17-9-7-16(8-10-17)15-26-11-4-12-27(14-13-26)20(30)25-19-6-3-2-5-18(19)21(22,23)24/h2-3,5-10H,4,11-15H2,1H3,(H,25,30). The number of thiocarbonyl (C=S) groups is 1. The number of nitrogens with one attached hydrogen (secondary N) is 1. The summed E-state index contributed by atoms with van der Waals surface area (Å²) in [6.07, 6.45) is -2.47. The number of anilines is 1. The van der Waals surface area contributed by atoms with Gasteiger partial charge in [0, 0.05) is 39.0 Å². The predicted octanol–water partition coefficient (Wildman–Crippen LogP) is 4.01. The number of hydrogen-bond donors (Lipinski definition) is 1. The highest BCUT2D eigenvalue weighted by atomic mass is 32.2. The molecule has 0 amide bonds. The van der Waals surface area contributed by atoms with E-state index in [1.165, 1.54) is 18.4 Å². The highest BCUT2D eigenvalue weighted by Gasteiger charge is 2.33. The average Bonchev–Trinajstić information content (AvgIpc) is 2.93. The number of halogens is 3. The van der Waals surface area contributed by atoms with Gasteiger partial charge in [-0.3, -0.25) is 4.90 Å². The van der Waals surface area contributed by atoms with Crippen LogP contribution in [0, 0.1) is 0 Å². The van der Waals surface area contributed by atoms with Crippen molar-refractivity contribution in [1.82, 2.24) is 9.80 Å². The lowest BCUT2D eigenvalue weighted by atomic mass is 10.1. The molecule has 2 aromatic carbocycles. The molecule has 1 fully saturated rings. The van der Waals surface area contributed by atoms with Gasteiger partial charge in [0.2, 0.25) is 0 Å². The SMILES string of the molecule is CS(=O)(=O)c1ccc(CN2CCCN(C(=S)Nc3ccccc3C(F)(F)F)CC2)cc1. The van der Waals surface area contributed by atoms with Crippen molar-refractivity contribution in [3.63, 3.8) is 0 Å². The van der Waals surface area contributed by atoms with Crippen LogP contribution >= 0.6 is 12.2 Å². The topological polar surface area (TPSA) is 52.7 Å². The van der Waals surface area contributed by atoms with Crippen LogP contribution in [0.25, 0.3) is 0 Å². The maximum absolute atomic E-state index is 13.2. The van der Waals surface area contributed by atoms with Gasteiger partial charge in [-0.1, -0.05) is 24.3 Å². The van der Waals surface area contributed by atoms with E-state index in [0.717, 1.165) is 24.6 Å². The van der Waals surface area contributed by atoms with Gasteiger partial charge in [0.05, 0.1) is 16.1 Å². The lowest BCUT2D eigenvalue weighted by Crippen LogP contribution is -2.38. The summed E-state index contributed by atoms with van der Waals surface area (Å²) in [5.74, 6) is 0. The Bertz CT molecular complexity index is 1020. The predicted molar refractivity (Wildman–Crippen MR) is 119 cm³/mol. The number of benzene rings is 2. The van der Waals surface area contributed by atoms with Crippen LogP contribution in [0.15, 0.2) is 53.4 Å². The van der Waals surface area contributed by atoms with Gasteiger partial charge in [-0.2, -0.15) is 13.2 Å². The summed E-state index contributed by atoms with van der Waals surface area (Å²) in [5, 5.41) is 3.04. The summed E-state index contributed by atoms with van der Waals surface area (Å²) in [5.41, 5.74) is 0.207. The molecule has 0 saturated carbocycles. The van der Waals surface area contributed by atoms with Gasteiger partial charge in [0.1, 0.15) is 0 Å². The minimum atomic E-state index is -4.46.